The van der Waals surface area contributed by atoms with E-state index < -0.39 is 0 Å². The molecule has 0 atom stereocenters. The molecule has 4 rings (SSSR count). The Balaban J connectivity index is 1.90. The third-order valence-electron chi connectivity index (χ3n) is 4.49. The Labute approximate surface area is 154 Å². The van der Waals surface area contributed by atoms with E-state index in [1.165, 1.54) is 27.7 Å². The lowest BCUT2D eigenvalue weighted by Crippen LogP contribution is -2.21. The smallest absolute Gasteiger partial charge is 0.261 e. The third-order valence-corrected chi connectivity index (χ3v) is 4.49. The molecule has 3 heterocycles. The Morgan fingerprint density at radius 1 is 1.07 bits per heavy atom. The molecule has 1 aromatic carbocycles. The number of ether oxygens (including phenoxy) is 3. The van der Waals surface area contributed by atoms with E-state index >= 15 is 0 Å². The predicted molar refractivity (Wildman–Crippen MR) is 100.0 cm³/mol. The molecule has 3 aromatic heterocycles. The molecular weight excluding hydrogens is 348 g/mol. The quantitative estimate of drug-likeness (QED) is 0.538. The maximum atomic E-state index is 13.1. The van der Waals surface area contributed by atoms with Crippen LogP contribution in [0.25, 0.3) is 16.4 Å². The Kier molecular flexibility index (Phi) is 4.15. The molecule has 0 aliphatic carbocycles. The van der Waals surface area contributed by atoms with Crippen molar-refractivity contribution in [3.8, 4) is 17.2 Å². The first-order chi connectivity index (χ1) is 13.2. The zero-order valence-corrected chi connectivity index (χ0v) is 15.2. The molecule has 0 bridgehead atoms. The highest BCUT2D eigenvalue weighted by atomic mass is 16.5. The number of hydrogen-bond donors (Lipinski definition) is 0. The maximum Gasteiger partial charge on any atom is 0.261 e. The van der Waals surface area contributed by atoms with Gasteiger partial charge in [-0.2, -0.15) is 5.10 Å². The van der Waals surface area contributed by atoms with Gasteiger partial charge in [0.15, 0.2) is 11.5 Å². The fourth-order valence-electron chi connectivity index (χ4n) is 3.21. The molecule has 0 saturated carbocycles. The number of methoxy groups -OCH3 is 3. The van der Waals surface area contributed by atoms with Crippen molar-refractivity contribution in [1.82, 2.24) is 19.2 Å². The number of aromatic nitrogens is 4. The standard InChI is InChI=1S/C19H18N4O4/c1-25-15-9-13-16(18(27-3)17(15)26-2)20-11-22(19(13)24)10-12-5-4-8-23-14(12)6-7-21-23/h4-9,11H,10H2,1-3H3. The summed E-state index contributed by atoms with van der Waals surface area (Å²) in [6, 6.07) is 7.39. The molecule has 8 nitrogen and oxygen atoms in total. The monoisotopic (exact) mass is 366 g/mol. The lowest BCUT2D eigenvalue weighted by atomic mass is 10.2. The van der Waals surface area contributed by atoms with Crippen LogP contribution in [0.3, 0.4) is 0 Å². The number of fused-ring (bicyclic) bond motifs is 2. The van der Waals surface area contributed by atoms with Crippen LogP contribution in [0.5, 0.6) is 17.2 Å². The maximum absolute atomic E-state index is 13.1. The van der Waals surface area contributed by atoms with Crippen LogP contribution < -0.4 is 19.8 Å². The summed E-state index contributed by atoms with van der Waals surface area (Å²) in [5, 5.41) is 4.62. The number of pyridine rings is 1. The fraction of sp³-hybridized carbons (Fsp3) is 0.211. The van der Waals surface area contributed by atoms with Gasteiger partial charge in [-0.1, -0.05) is 6.07 Å². The van der Waals surface area contributed by atoms with E-state index in [9.17, 15) is 4.79 Å². The minimum Gasteiger partial charge on any atom is -0.493 e. The number of benzene rings is 1. The van der Waals surface area contributed by atoms with Crippen LogP contribution in [0.1, 0.15) is 5.56 Å². The summed E-state index contributed by atoms with van der Waals surface area (Å²) in [4.78, 5) is 17.5. The van der Waals surface area contributed by atoms with Crippen LogP contribution >= 0.6 is 0 Å². The zero-order chi connectivity index (χ0) is 19.0. The summed E-state index contributed by atoms with van der Waals surface area (Å²) in [5.74, 6) is 1.19. The molecule has 138 valence electrons. The van der Waals surface area contributed by atoms with Crippen LogP contribution in [0.15, 0.2) is 47.8 Å². The van der Waals surface area contributed by atoms with Crippen LogP contribution in [-0.2, 0) is 6.54 Å². The van der Waals surface area contributed by atoms with Gasteiger partial charge < -0.3 is 14.2 Å². The van der Waals surface area contributed by atoms with E-state index in [1.54, 1.807) is 21.3 Å². The molecule has 27 heavy (non-hydrogen) atoms. The topological polar surface area (TPSA) is 79.9 Å². The van der Waals surface area contributed by atoms with Crippen LogP contribution in [0.4, 0.5) is 0 Å². The van der Waals surface area contributed by atoms with Crippen molar-refractivity contribution in [2.75, 3.05) is 21.3 Å². The van der Waals surface area contributed by atoms with Crippen molar-refractivity contribution < 1.29 is 14.2 Å². The van der Waals surface area contributed by atoms with Crippen molar-refractivity contribution >= 4 is 16.4 Å². The van der Waals surface area contributed by atoms with Gasteiger partial charge in [-0.05, 0) is 23.8 Å². The molecule has 0 fully saturated rings. The highest BCUT2D eigenvalue weighted by Gasteiger charge is 2.19. The van der Waals surface area contributed by atoms with Gasteiger partial charge >= 0.3 is 0 Å². The van der Waals surface area contributed by atoms with Crippen molar-refractivity contribution in [2.45, 2.75) is 6.54 Å². The number of nitrogens with zero attached hydrogens (tertiary/aromatic N) is 4. The van der Waals surface area contributed by atoms with Crippen molar-refractivity contribution in [3.05, 3.63) is 58.9 Å². The molecule has 0 spiro atoms. The number of rotatable bonds is 5. The van der Waals surface area contributed by atoms with Gasteiger partial charge in [0.2, 0.25) is 5.75 Å². The Morgan fingerprint density at radius 2 is 1.89 bits per heavy atom. The third kappa shape index (κ3) is 2.66. The molecule has 4 aromatic rings. The summed E-state index contributed by atoms with van der Waals surface area (Å²) in [5.41, 5.74) is 2.14. The summed E-state index contributed by atoms with van der Waals surface area (Å²) in [6.45, 7) is 0.370. The normalized spacial score (nSPS) is 11.1. The largest absolute Gasteiger partial charge is 0.493 e. The minimum atomic E-state index is -0.194. The second-order valence-electron chi connectivity index (χ2n) is 5.91. The van der Waals surface area contributed by atoms with Gasteiger partial charge in [0.25, 0.3) is 5.56 Å². The Bertz CT molecular complexity index is 1200. The van der Waals surface area contributed by atoms with Gasteiger partial charge in [0, 0.05) is 12.4 Å². The van der Waals surface area contributed by atoms with Crippen molar-refractivity contribution in [3.63, 3.8) is 0 Å². The molecule has 0 N–H and O–H groups in total. The SMILES string of the molecule is COc1cc2c(=O)n(Cc3cccn4nccc34)cnc2c(OC)c1OC. The average molecular weight is 366 g/mol. The zero-order valence-electron chi connectivity index (χ0n) is 15.2. The lowest BCUT2D eigenvalue weighted by Gasteiger charge is -2.15. The first-order valence-electron chi connectivity index (χ1n) is 8.27. The fourth-order valence-corrected chi connectivity index (χ4v) is 3.21. The van der Waals surface area contributed by atoms with Gasteiger partial charge in [-0.15, -0.1) is 0 Å². The summed E-state index contributed by atoms with van der Waals surface area (Å²) in [7, 11) is 4.53. The summed E-state index contributed by atoms with van der Waals surface area (Å²) >= 11 is 0. The van der Waals surface area contributed by atoms with E-state index in [2.05, 4.69) is 10.1 Å². The first kappa shape index (κ1) is 16.9. The Morgan fingerprint density at radius 3 is 2.63 bits per heavy atom. The van der Waals surface area contributed by atoms with Crippen molar-refractivity contribution in [2.24, 2.45) is 0 Å². The second-order valence-corrected chi connectivity index (χ2v) is 5.91. The number of hydrogen-bond acceptors (Lipinski definition) is 6. The molecule has 0 saturated heterocycles. The van der Waals surface area contributed by atoms with Crippen molar-refractivity contribution in [1.29, 1.82) is 0 Å². The second kappa shape index (κ2) is 6.64. The summed E-state index contributed by atoms with van der Waals surface area (Å²) in [6.07, 6.45) is 5.10. The lowest BCUT2D eigenvalue weighted by molar-refractivity contribution is 0.326. The van der Waals surface area contributed by atoms with Gasteiger partial charge in [-0.25, -0.2) is 9.50 Å². The summed E-state index contributed by atoms with van der Waals surface area (Å²) < 4.78 is 19.5. The predicted octanol–water partition coefficient (Wildman–Crippen LogP) is 2.12. The highest BCUT2D eigenvalue weighted by Crippen LogP contribution is 2.41. The van der Waals surface area contributed by atoms with E-state index in [0.717, 1.165) is 11.1 Å². The van der Waals surface area contributed by atoms with Gasteiger partial charge in [-0.3, -0.25) is 9.36 Å². The molecule has 8 heteroatoms. The Hall–Kier alpha value is -3.55. The van der Waals surface area contributed by atoms with E-state index in [1.807, 2.05) is 24.4 Å². The van der Waals surface area contributed by atoms with Gasteiger partial charge in [0.1, 0.15) is 5.52 Å². The van der Waals surface area contributed by atoms with Crippen LogP contribution in [0.2, 0.25) is 0 Å². The van der Waals surface area contributed by atoms with Crippen LogP contribution in [-0.4, -0.2) is 40.5 Å². The van der Waals surface area contributed by atoms with Gasteiger partial charge in [0.05, 0.1) is 45.1 Å². The molecule has 0 aliphatic heterocycles. The molecule has 0 unspecified atom stereocenters. The molecule has 0 aliphatic rings. The minimum absolute atomic E-state index is 0.194. The van der Waals surface area contributed by atoms with Crippen LogP contribution in [0, 0.1) is 0 Å². The average Bonchev–Trinajstić information content (AvgIpc) is 3.18. The molecular formula is C19H18N4O4. The molecule has 0 amide bonds. The van der Waals surface area contributed by atoms with E-state index in [-0.39, 0.29) is 5.56 Å². The first-order valence-corrected chi connectivity index (χ1v) is 8.27. The van der Waals surface area contributed by atoms with E-state index in [0.29, 0.717) is 34.7 Å². The van der Waals surface area contributed by atoms with E-state index in [4.69, 9.17) is 14.2 Å². The highest BCUT2D eigenvalue weighted by molar-refractivity contribution is 5.89. The molecule has 0 radical (unpaired) electrons.